The van der Waals surface area contributed by atoms with E-state index in [0.29, 0.717) is 28.4 Å². The largest absolute Gasteiger partial charge is 0.399 e. The second kappa shape index (κ2) is 11.9. The van der Waals surface area contributed by atoms with E-state index in [1.807, 2.05) is 43.4 Å². The van der Waals surface area contributed by atoms with E-state index in [2.05, 4.69) is 15.6 Å². The predicted molar refractivity (Wildman–Crippen MR) is 135 cm³/mol. The fourth-order valence-corrected chi connectivity index (χ4v) is 5.49. The summed E-state index contributed by atoms with van der Waals surface area (Å²) < 4.78 is 1.92. The van der Waals surface area contributed by atoms with Gasteiger partial charge in [0.05, 0.1) is 26.0 Å². The Morgan fingerprint density at radius 1 is 1.19 bits per heavy atom. The predicted octanol–water partition coefficient (Wildman–Crippen LogP) is 5.39. The average molecular weight is 498 g/mol. The number of nitrogen functional groups attached to an aromatic ring is 1. The van der Waals surface area contributed by atoms with Crippen molar-refractivity contribution in [2.45, 2.75) is 36.1 Å². The van der Waals surface area contributed by atoms with Crippen LogP contribution < -0.4 is 16.4 Å². The van der Waals surface area contributed by atoms with Crippen LogP contribution in [0.1, 0.15) is 24.8 Å². The number of aromatic nitrogens is 1. The SMILES string of the molecule is CNC(CCCc1ccc(Cl)c(Cl)c1)CCNC(=O)CSc1nc2ccc(N)cc2s1. The first kappa shape index (κ1) is 24.1. The molecule has 166 valence electrons. The van der Waals surface area contributed by atoms with Crippen molar-refractivity contribution in [1.29, 1.82) is 0 Å². The van der Waals surface area contributed by atoms with Crippen LogP contribution in [0, 0.1) is 0 Å². The van der Waals surface area contributed by atoms with E-state index in [9.17, 15) is 4.79 Å². The van der Waals surface area contributed by atoms with Crippen LogP contribution in [0.5, 0.6) is 0 Å². The molecule has 1 amide bonds. The molecule has 31 heavy (non-hydrogen) atoms. The first-order valence-electron chi connectivity index (χ1n) is 10.1. The summed E-state index contributed by atoms with van der Waals surface area (Å²) in [7, 11) is 1.96. The lowest BCUT2D eigenvalue weighted by Gasteiger charge is -2.16. The summed E-state index contributed by atoms with van der Waals surface area (Å²) in [5.41, 5.74) is 8.64. The number of nitrogens with one attached hydrogen (secondary N) is 2. The molecule has 4 N–H and O–H groups in total. The zero-order valence-corrected chi connectivity index (χ0v) is 20.4. The van der Waals surface area contributed by atoms with Gasteiger partial charge in [0, 0.05) is 18.3 Å². The zero-order valence-electron chi connectivity index (χ0n) is 17.3. The number of halogens is 2. The molecular weight excluding hydrogens is 471 g/mol. The summed E-state index contributed by atoms with van der Waals surface area (Å²) >= 11 is 15.1. The highest BCUT2D eigenvalue weighted by atomic mass is 35.5. The van der Waals surface area contributed by atoms with Crippen molar-refractivity contribution >= 4 is 68.1 Å². The summed E-state index contributed by atoms with van der Waals surface area (Å²) in [6.45, 7) is 0.647. The maximum atomic E-state index is 12.2. The van der Waals surface area contributed by atoms with Gasteiger partial charge < -0.3 is 16.4 Å². The van der Waals surface area contributed by atoms with Crippen molar-refractivity contribution in [2.24, 2.45) is 0 Å². The first-order chi connectivity index (χ1) is 14.9. The van der Waals surface area contributed by atoms with Crippen LogP contribution in [-0.2, 0) is 11.2 Å². The third kappa shape index (κ3) is 7.54. The molecule has 0 aliphatic carbocycles. The van der Waals surface area contributed by atoms with Gasteiger partial charge in [-0.2, -0.15) is 0 Å². The molecule has 3 rings (SSSR count). The van der Waals surface area contributed by atoms with Crippen LogP contribution in [0.2, 0.25) is 10.0 Å². The number of fused-ring (bicyclic) bond motifs is 1. The van der Waals surface area contributed by atoms with Gasteiger partial charge in [-0.3, -0.25) is 4.79 Å². The normalized spacial score (nSPS) is 12.2. The Balaban J connectivity index is 1.34. The fourth-order valence-electron chi connectivity index (χ4n) is 3.23. The van der Waals surface area contributed by atoms with Gasteiger partial charge in [0.25, 0.3) is 0 Å². The van der Waals surface area contributed by atoms with Gasteiger partial charge in [0.2, 0.25) is 5.91 Å². The fraction of sp³-hybridized carbons (Fsp3) is 0.364. The molecule has 2 aromatic carbocycles. The van der Waals surface area contributed by atoms with Gasteiger partial charge in [0.15, 0.2) is 4.34 Å². The van der Waals surface area contributed by atoms with E-state index in [1.54, 1.807) is 11.3 Å². The Morgan fingerprint density at radius 2 is 2.03 bits per heavy atom. The summed E-state index contributed by atoms with van der Waals surface area (Å²) in [4.78, 5) is 16.7. The Kier molecular flexibility index (Phi) is 9.29. The highest BCUT2D eigenvalue weighted by Crippen LogP contribution is 2.30. The maximum absolute atomic E-state index is 12.2. The minimum absolute atomic E-state index is 0.0226. The molecule has 5 nitrogen and oxygen atoms in total. The highest BCUT2D eigenvalue weighted by molar-refractivity contribution is 8.01. The molecule has 0 aliphatic rings. The minimum atomic E-state index is 0.0226. The topological polar surface area (TPSA) is 80.0 Å². The first-order valence-corrected chi connectivity index (χ1v) is 12.7. The molecule has 1 aromatic heterocycles. The van der Waals surface area contributed by atoms with Gasteiger partial charge >= 0.3 is 0 Å². The molecule has 0 bridgehead atoms. The number of hydrogen-bond acceptors (Lipinski definition) is 6. The molecule has 1 heterocycles. The van der Waals surface area contributed by atoms with Crippen molar-refractivity contribution in [3.05, 3.63) is 52.0 Å². The minimum Gasteiger partial charge on any atom is -0.399 e. The number of thiazole rings is 1. The van der Waals surface area contributed by atoms with Crippen molar-refractivity contribution in [2.75, 3.05) is 25.1 Å². The van der Waals surface area contributed by atoms with Gasteiger partial charge in [-0.25, -0.2) is 4.98 Å². The Morgan fingerprint density at radius 3 is 2.81 bits per heavy atom. The molecule has 1 atom stereocenters. The van der Waals surface area contributed by atoms with E-state index in [4.69, 9.17) is 28.9 Å². The molecule has 9 heteroatoms. The van der Waals surface area contributed by atoms with Gasteiger partial charge in [-0.05, 0) is 68.6 Å². The van der Waals surface area contributed by atoms with Crippen molar-refractivity contribution in [3.63, 3.8) is 0 Å². The van der Waals surface area contributed by atoms with E-state index in [0.717, 1.165) is 45.9 Å². The van der Waals surface area contributed by atoms with Crippen LogP contribution >= 0.6 is 46.3 Å². The smallest absolute Gasteiger partial charge is 0.230 e. The summed E-state index contributed by atoms with van der Waals surface area (Å²) in [5, 5.41) is 7.53. The number of anilines is 1. The van der Waals surface area contributed by atoms with Crippen molar-refractivity contribution in [1.82, 2.24) is 15.6 Å². The number of rotatable bonds is 11. The molecule has 0 saturated carbocycles. The van der Waals surface area contributed by atoms with Gasteiger partial charge in [-0.15, -0.1) is 11.3 Å². The number of hydrogen-bond donors (Lipinski definition) is 3. The Labute approximate surface area is 201 Å². The molecule has 0 aliphatic heterocycles. The van der Waals surface area contributed by atoms with Gasteiger partial charge in [0.1, 0.15) is 0 Å². The number of nitrogens with zero attached hydrogens (tertiary/aromatic N) is 1. The van der Waals surface area contributed by atoms with E-state index in [1.165, 1.54) is 17.3 Å². The Hall–Kier alpha value is -1.51. The Bertz CT molecular complexity index is 1030. The summed E-state index contributed by atoms with van der Waals surface area (Å²) in [6.07, 6.45) is 3.90. The second-order valence-corrected chi connectivity index (χ2v) is 10.3. The molecule has 0 radical (unpaired) electrons. The van der Waals surface area contributed by atoms with Crippen molar-refractivity contribution in [3.8, 4) is 0 Å². The van der Waals surface area contributed by atoms with Crippen LogP contribution in [0.4, 0.5) is 5.69 Å². The zero-order chi connectivity index (χ0) is 22.2. The maximum Gasteiger partial charge on any atom is 0.230 e. The molecule has 1 unspecified atom stereocenters. The quantitative estimate of drug-likeness (QED) is 0.244. The number of carbonyl (C=O) groups excluding carboxylic acids is 1. The molecule has 3 aromatic rings. The van der Waals surface area contributed by atoms with E-state index in [-0.39, 0.29) is 5.91 Å². The lowest BCUT2D eigenvalue weighted by molar-refractivity contribution is -0.118. The van der Waals surface area contributed by atoms with Crippen molar-refractivity contribution < 1.29 is 4.79 Å². The number of benzene rings is 2. The number of aryl methyl sites for hydroxylation is 1. The highest BCUT2D eigenvalue weighted by Gasteiger charge is 2.10. The second-order valence-electron chi connectivity index (χ2n) is 7.26. The molecular formula is C22H26Cl2N4OS2. The number of carbonyl (C=O) groups is 1. The number of amides is 1. The number of nitrogens with two attached hydrogens (primary N) is 1. The van der Waals surface area contributed by atoms with Gasteiger partial charge in [-0.1, -0.05) is 41.0 Å². The lowest BCUT2D eigenvalue weighted by atomic mass is 10.0. The average Bonchev–Trinajstić information content (AvgIpc) is 3.15. The molecule has 0 spiro atoms. The van der Waals surface area contributed by atoms with Crippen LogP contribution in [-0.4, -0.2) is 36.3 Å². The summed E-state index contributed by atoms with van der Waals surface area (Å²) in [5.74, 6) is 0.381. The monoisotopic (exact) mass is 496 g/mol. The van der Waals surface area contributed by atoms with Crippen LogP contribution in [0.3, 0.4) is 0 Å². The van der Waals surface area contributed by atoms with Crippen LogP contribution in [0.25, 0.3) is 10.2 Å². The van der Waals surface area contributed by atoms with E-state index < -0.39 is 0 Å². The summed E-state index contributed by atoms with van der Waals surface area (Å²) in [6, 6.07) is 11.8. The number of thioether (sulfide) groups is 1. The lowest BCUT2D eigenvalue weighted by Crippen LogP contribution is -2.33. The van der Waals surface area contributed by atoms with Crippen LogP contribution in [0.15, 0.2) is 40.7 Å². The standard InChI is InChI=1S/C22H26Cl2N4OS2/c1-26-16(4-2-3-14-5-7-17(23)18(24)11-14)9-10-27-21(29)13-30-22-28-19-8-6-15(25)12-20(19)31-22/h5-8,11-12,16,26H,2-4,9-10,13,25H2,1H3,(H,27,29). The third-order valence-corrected chi connectivity index (χ3v) is 7.85. The molecule has 0 fully saturated rings. The molecule has 0 saturated heterocycles. The van der Waals surface area contributed by atoms with E-state index >= 15 is 0 Å². The third-order valence-electron chi connectivity index (χ3n) is 4.94.